The molecule has 0 spiro atoms. The lowest BCUT2D eigenvalue weighted by molar-refractivity contribution is -0.116. The molecule has 2 aromatic rings. The zero-order valence-electron chi connectivity index (χ0n) is 17.3. The largest absolute Gasteiger partial charge is 0.348 e. The van der Waals surface area contributed by atoms with Crippen LogP contribution in [0.1, 0.15) is 49.0 Å². The van der Waals surface area contributed by atoms with Gasteiger partial charge in [0.2, 0.25) is 5.91 Å². The molecule has 0 aliphatic heterocycles. The van der Waals surface area contributed by atoms with Crippen LogP contribution in [0, 0.1) is 5.92 Å². The Morgan fingerprint density at radius 1 is 0.967 bits per heavy atom. The standard InChI is InChI=1S/C23H28N4O3/c1-15(2)12-21(28)25-20-5-3-4-16(13-20)14-24-22(29)17-6-8-18(9-7-17)26-23(30)27-19-10-11-19/h3-9,13,15,19H,10-12,14H2,1-2H3,(H,24,29)(H,25,28)(H2,26,27,30). The average Bonchev–Trinajstić information content (AvgIpc) is 3.50. The third-order valence-corrected chi connectivity index (χ3v) is 4.57. The van der Waals surface area contributed by atoms with Crippen LogP contribution in [0.15, 0.2) is 48.5 Å². The first-order chi connectivity index (χ1) is 14.4. The van der Waals surface area contributed by atoms with Crippen LogP contribution in [0.3, 0.4) is 0 Å². The molecule has 2 aromatic carbocycles. The third-order valence-electron chi connectivity index (χ3n) is 4.57. The maximum atomic E-state index is 12.4. The van der Waals surface area contributed by atoms with Gasteiger partial charge >= 0.3 is 6.03 Å². The van der Waals surface area contributed by atoms with Crippen molar-refractivity contribution >= 4 is 29.2 Å². The van der Waals surface area contributed by atoms with Gasteiger partial charge in [-0.05, 0) is 60.7 Å². The van der Waals surface area contributed by atoms with Crippen molar-refractivity contribution in [3.63, 3.8) is 0 Å². The summed E-state index contributed by atoms with van der Waals surface area (Å²) in [6, 6.07) is 14.2. The molecule has 0 atom stereocenters. The Morgan fingerprint density at radius 3 is 2.37 bits per heavy atom. The molecule has 1 aliphatic rings. The molecule has 0 bridgehead atoms. The minimum Gasteiger partial charge on any atom is -0.348 e. The molecule has 1 saturated carbocycles. The van der Waals surface area contributed by atoms with E-state index in [0.717, 1.165) is 18.4 Å². The van der Waals surface area contributed by atoms with E-state index in [-0.39, 0.29) is 23.9 Å². The van der Waals surface area contributed by atoms with Gasteiger partial charge in [0.15, 0.2) is 0 Å². The van der Waals surface area contributed by atoms with E-state index in [0.29, 0.717) is 35.8 Å². The molecule has 7 heteroatoms. The molecule has 4 N–H and O–H groups in total. The van der Waals surface area contributed by atoms with Crippen LogP contribution in [-0.4, -0.2) is 23.9 Å². The number of benzene rings is 2. The van der Waals surface area contributed by atoms with E-state index in [1.807, 2.05) is 38.1 Å². The molecule has 1 aliphatic carbocycles. The second-order valence-electron chi connectivity index (χ2n) is 7.98. The number of hydrogen-bond donors (Lipinski definition) is 4. The van der Waals surface area contributed by atoms with Crippen molar-refractivity contribution in [2.45, 2.75) is 45.7 Å². The van der Waals surface area contributed by atoms with Gasteiger partial charge in [-0.15, -0.1) is 0 Å². The second-order valence-corrected chi connectivity index (χ2v) is 7.98. The van der Waals surface area contributed by atoms with Crippen molar-refractivity contribution in [2.24, 2.45) is 5.92 Å². The number of carbonyl (C=O) groups excluding carboxylic acids is 3. The molecule has 0 saturated heterocycles. The second kappa shape index (κ2) is 9.91. The van der Waals surface area contributed by atoms with Gasteiger partial charge in [-0.25, -0.2) is 4.79 Å². The summed E-state index contributed by atoms with van der Waals surface area (Å²) in [7, 11) is 0. The molecule has 7 nitrogen and oxygen atoms in total. The number of nitrogens with one attached hydrogen (secondary N) is 4. The van der Waals surface area contributed by atoms with E-state index in [9.17, 15) is 14.4 Å². The Bertz CT molecular complexity index is 905. The smallest absolute Gasteiger partial charge is 0.319 e. The van der Waals surface area contributed by atoms with Crippen molar-refractivity contribution in [1.29, 1.82) is 0 Å². The monoisotopic (exact) mass is 408 g/mol. The highest BCUT2D eigenvalue weighted by atomic mass is 16.2. The molecule has 0 heterocycles. The van der Waals surface area contributed by atoms with E-state index in [4.69, 9.17) is 0 Å². The van der Waals surface area contributed by atoms with Gasteiger partial charge < -0.3 is 21.3 Å². The van der Waals surface area contributed by atoms with Gasteiger partial charge in [0.05, 0.1) is 0 Å². The van der Waals surface area contributed by atoms with E-state index in [1.165, 1.54) is 0 Å². The fourth-order valence-electron chi connectivity index (χ4n) is 2.91. The summed E-state index contributed by atoms with van der Waals surface area (Å²) in [5.74, 6) is 0.0607. The lowest BCUT2D eigenvalue weighted by atomic mass is 10.1. The maximum absolute atomic E-state index is 12.4. The van der Waals surface area contributed by atoms with Gasteiger partial charge in [0.25, 0.3) is 5.91 Å². The normalized spacial score (nSPS) is 12.9. The average molecular weight is 409 g/mol. The SMILES string of the molecule is CC(C)CC(=O)Nc1cccc(CNC(=O)c2ccc(NC(=O)NC3CC3)cc2)c1. The summed E-state index contributed by atoms with van der Waals surface area (Å²) in [5.41, 5.74) is 2.74. The van der Waals surface area contributed by atoms with Crippen molar-refractivity contribution in [3.05, 3.63) is 59.7 Å². The highest BCUT2D eigenvalue weighted by Gasteiger charge is 2.23. The first kappa shape index (κ1) is 21.4. The first-order valence-corrected chi connectivity index (χ1v) is 10.2. The van der Waals surface area contributed by atoms with Gasteiger partial charge in [0.1, 0.15) is 0 Å². The zero-order chi connectivity index (χ0) is 21.5. The number of rotatable bonds is 8. The Morgan fingerprint density at radius 2 is 1.70 bits per heavy atom. The summed E-state index contributed by atoms with van der Waals surface area (Å²) in [4.78, 5) is 36.1. The van der Waals surface area contributed by atoms with Crippen LogP contribution < -0.4 is 21.3 Å². The van der Waals surface area contributed by atoms with Gasteiger partial charge in [-0.1, -0.05) is 26.0 Å². The van der Waals surface area contributed by atoms with Gasteiger partial charge in [0, 0.05) is 35.9 Å². The topological polar surface area (TPSA) is 99.3 Å². The highest BCUT2D eigenvalue weighted by molar-refractivity contribution is 5.95. The van der Waals surface area contributed by atoms with Crippen LogP contribution in [0.25, 0.3) is 0 Å². The molecular formula is C23H28N4O3. The molecule has 1 fully saturated rings. The molecule has 4 amide bonds. The molecule has 0 unspecified atom stereocenters. The van der Waals surface area contributed by atoms with Crippen molar-refractivity contribution < 1.29 is 14.4 Å². The number of anilines is 2. The number of hydrogen-bond acceptors (Lipinski definition) is 3. The fourth-order valence-corrected chi connectivity index (χ4v) is 2.91. The quantitative estimate of drug-likeness (QED) is 0.533. The van der Waals surface area contributed by atoms with Crippen molar-refractivity contribution in [3.8, 4) is 0 Å². The van der Waals surface area contributed by atoms with Gasteiger partial charge in [-0.2, -0.15) is 0 Å². The molecule has 30 heavy (non-hydrogen) atoms. The number of amides is 4. The summed E-state index contributed by atoms with van der Waals surface area (Å²) < 4.78 is 0. The fraction of sp³-hybridized carbons (Fsp3) is 0.348. The Kier molecular flexibility index (Phi) is 7.06. The van der Waals surface area contributed by atoms with Crippen LogP contribution in [0.4, 0.5) is 16.2 Å². The number of urea groups is 1. The predicted octanol–water partition coefficient (Wildman–Crippen LogP) is 3.89. The maximum Gasteiger partial charge on any atom is 0.319 e. The minimum atomic E-state index is -0.227. The summed E-state index contributed by atoms with van der Waals surface area (Å²) >= 11 is 0. The molecular weight excluding hydrogens is 380 g/mol. The lowest BCUT2D eigenvalue weighted by Crippen LogP contribution is -2.30. The highest BCUT2D eigenvalue weighted by Crippen LogP contribution is 2.19. The Balaban J connectivity index is 1.49. The van der Waals surface area contributed by atoms with E-state index in [2.05, 4.69) is 21.3 Å². The minimum absolute atomic E-state index is 0.0225. The molecule has 3 rings (SSSR count). The first-order valence-electron chi connectivity index (χ1n) is 10.2. The molecule has 0 aromatic heterocycles. The third kappa shape index (κ3) is 6.92. The Hall–Kier alpha value is -3.35. The lowest BCUT2D eigenvalue weighted by Gasteiger charge is -2.10. The van der Waals surface area contributed by atoms with Crippen molar-refractivity contribution in [1.82, 2.24) is 10.6 Å². The van der Waals surface area contributed by atoms with Crippen LogP contribution in [-0.2, 0) is 11.3 Å². The van der Waals surface area contributed by atoms with Crippen LogP contribution in [0.2, 0.25) is 0 Å². The summed E-state index contributed by atoms with van der Waals surface area (Å²) in [6.45, 7) is 4.34. The van der Waals surface area contributed by atoms with Crippen LogP contribution >= 0.6 is 0 Å². The Labute approximate surface area is 176 Å². The zero-order valence-corrected chi connectivity index (χ0v) is 17.3. The van der Waals surface area contributed by atoms with Gasteiger partial charge in [-0.3, -0.25) is 9.59 Å². The van der Waals surface area contributed by atoms with E-state index in [1.54, 1.807) is 24.3 Å². The summed E-state index contributed by atoms with van der Waals surface area (Å²) in [6.07, 6.45) is 2.52. The molecule has 158 valence electrons. The molecule has 0 radical (unpaired) electrons. The van der Waals surface area contributed by atoms with E-state index < -0.39 is 0 Å². The van der Waals surface area contributed by atoms with Crippen molar-refractivity contribution in [2.75, 3.05) is 10.6 Å². The predicted molar refractivity (Wildman–Crippen MR) is 117 cm³/mol. The van der Waals surface area contributed by atoms with Crippen LogP contribution in [0.5, 0.6) is 0 Å². The summed E-state index contributed by atoms with van der Waals surface area (Å²) in [5, 5.41) is 11.4. The van der Waals surface area contributed by atoms with E-state index >= 15 is 0 Å². The number of carbonyl (C=O) groups is 3.